The zero-order valence-corrected chi connectivity index (χ0v) is 9.43. The van der Waals surface area contributed by atoms with Gasteiger partial charge in [0.2, 0.25) is 0 Å². The van der Waals surface area contributed by atoms with E-state index < -0.39 is 10.9 Å². The number of aldehydes is 1. The third-order valence-corrected chi connectivity index (χ3v) is 2.27. The van der Waals surface area contributed by atoms with Crippen LogP contribution < -0.4 is 0 Å². The molecule has 0 amide bonds. The number of hydrogen-bond donors (Lipinski definition) is 0. The number of non-ortho nitro benzene ring substituents is 1. The third-order valence-electron chi connectivity index (χ3n) is 2.27. The molecular formula is C11H11NO5. The van der Waals surface area contributed by atoms with Crippen molar-refractivity contribution in [2.75, 3.05) is 6.61 Å². The molecule has 1 aromatic carbocycles. The summed E-state index contributed by atoms with van der Waals surface area (Å²) in [6, 6.07) is 2.24. The van der Waals surface area contributed by atoms with Crippen molar-refractivity contribution in [3.05, 3.63) is 38.9 Å². The van der Waals surface area contributed by atoms with Crippen LogP contribution in [0.2, 0.25) is 0 Å². The Bertz CT molecular complexity index is 481. The molecule has 1 rings (SSSR count). The number of rotatable bonds is 4. The van der Waals surface area contributed by atoms with Crippen LogP contribution in [0.15, 0.2) is 12.1 Å². The van der Waals surface area contributed by atoms with Gasteiger partial charge in [-0.25, -0.2) is 4.79 Å². The third kappa shape index (κ3) is 2.66. The fourth-order valence-corrected chi connectivity index (χ4v) is 1.37. The average Bonchev–Trinajstić information content (AvgIpc) is 2.29. The molecule has 6 heteroatoms. The predicted octanol–water partition coefficient (Wildman–Crippen LogP) is 1.89. The smallest absolute Gasteiger partial charge is 0.338 e. The Morgan fingerprint density at radius 3 is 2.65 bits per heavy atom. The predicted molar refractivity (Wildman–Crippen MR) is 59.2 cm³/mol. The first-order valence-electron chi connectivity index (χ1n) is 4.92. The molecule has 0 saturated carbocycles. The van der Waals surface area contributed by atoms with Crippen LogP contribution in [0, 0.1) is 17.0 Å². The van der Waals surface area contributed by atoms with Crippen LogP contribution in [0.3, 0.4) is 0 Å². The lowest BCUT2D eigenvalue weighted by molar-refractivity contribution is -0.384. The number of hydrogen-bond acceptors (Lipinski definition) is 5. The number of carbonyl (C=O) groups is 2. The Kier molecular flexibility index (Phi) is 3.92. The van der Waals surface area contributed by atoms with Gasteiger partial charge in [0.15, 0.2) is 6.29 Å². The van der Waals surface area contributed by atoms with Crippen LogP contribution in [-0.4, -0.2) is 23.8 Å². The SMILES string of the molecule is CCOC(=O)c1cc([N+](=O)[O-])cc(C=O)c1C. The molecule has 0 saturated heterocycles. The molecule has 17 heavy (non-hydrogen) atoms. The topological polar surface area (TPSA) is 86.5 Å². The Morgan fingerprint density at radius 2 is 2.18 bits per heavy atom. The van der Waals surface area contributed by atoms with Crippen LogP contribution in [0.25, 0.3) is 0 Å². The Hall–Kier alpha value is -2.24. The maximum absolute atomic E-state index is 11.5. The molecule has 0 unspecified atom stereocenters. The summed E-state index contributed by atoms with van der Waals surface area (Å²) in [6.07, 6.45) is 0.477. The van der Waals surface area contributed by atoms with Crippen LogP contribution in [-0.2, 0) is 4.74 Å². The molecule has 0 fully saturated rings. The minimum absolute atomic E-state index is 0.0446. The van der Waals surface area contributed by atoms with E-state index in [1.165, 1.54) is 0 Å². The summed E-state index contributed by atoms with van der Waals surface area (Å²) >= 11 is 0. The lowest BCUT2D eigenvalue weighted by atomic mass is 10.0. The van der Waals surface area contributed by atoms with Crippen LogP contribution in [0.5, 0.6) is 0 Å². The van der Waals surface area contributed by atoms with Gasteiger partial charge < -0.3 is 4.74 Å². The highest BCUT2D eigenvalue weighted by atomic mass is 16.6. The molecule has 0 bridgehead atoms. The molecule has 0 aliphatic carbocycles. The van der Waals surface area contributed by atoms with Crippen LogP contribution >= 0.6 is 0 Å². The maximum Gasteiger partial charge on any atom is 0.338 e. The molecule has 0 aromatic heterocycles. The number of nitrogens with zero attached hydrogens (tertiary/aromatic N) is 1. The fraction of sp³-hybridized carbons (Fsp3) is 0.273. The van der Waals surface area contributed by atoms with Gasteiger partial charge >= 0.3 is 5.97 Å². The van der Waals surface area contributed by atoms with E-state index in [-0.39, 0.29) is 23.4 Å². The lowest BCUT2D eigenvalue weighted by Crippen LogP contribution is -2.09. The van der Waals surface area contributed by atoms with Gasteiger partial charge in [-0.2, -0.15) is 0 Å². The van der Waals surface area contributed by atoms with Gasteiger partial charge in [-0.15, -0.1) is 0 Å². The quantitative estimate of drug-likeness (QED) is 0.345. The number of nitro groups is 1. The second kappa shape index (κ2) is 5.20. The minimum Gasteiger partial charge on any atom is -0.462 e. The van der Waals surface area contributed by atoms with Crippen molar-refractivity contribution in [1.82, 2.24) is 0 Å². The zero-order chi connectivity index (χ0) is 13.0. The Balaban J connectivity index is 3.37. The van der Waals surface area contributed by atoms with Crippen molar-refractivity contribution in [2.24, 2.45) is 0 Å². The lowest BCUT2D eigenvalue weighted by Gasteiger charge is -2.07. The van der Waals surface area contributed by atoms with Gasteiger partial charge in [-0.1, -0.05) is 0 Å². The second-order valence-electron chi connectivity index (χ2n) is 3.30. The summed E-state index contributed by atoms with van der Waals surface area (Å²) in [7, 11) is 0. The van der Waals surface area contributed by atoms with Gasteiger partial charge in [0.1, 0.15) is 0 Å². The number of esters is 1. The highest BCUT2D eigenvalue weighted by molar-refractivity contribution is 5.95. The van der Waals surface area contributed by atoms with Crippen molar-refractivity contribution in [2.45, 2.75) is 13.8 Å². The molecule has 1 aromatic rings. The van der Waals surface area contributed by atoms with E-state index >= 15 is 0 Å². The van der Waals surface area contributed by atoms with Crippen molar-refractivity contribution >= 4 is 17.9 Å². The average molecular weight is 237 g/mol. The normalized spacial score (nSPS) is 9.76. The number of benzene rings is 1. The second-order valence-corrected chi connectivity index (χ2v) is 3.30. The van der Waals surface area contributed by atoms with E-state index in [1.54, 1.807) is 13.8 Å². The standard InChI is InChI=1S/C11H11NO5/c1-3-17-11(14)10-5-9(12(15)16)4-8(6-13)7(10)2/h4-6H,3H2,1-2H3. The van der Waals surface area contributed by atoms with Crippen LogP contribution in [0.1, 0.15) is 33.2 Å². The molecule has 0 aliphatic rings. The van der Waals surface area contributed by atoms with Crippen LogP contribution in [0.4, 0.5) is 5.69 Å². The summed E-state index contributed by atoms with van der Waals surface area (Å²) in [6.45, 7) is 3.34. The van der Waals surface area contributed by atoms with E-state index in [1.807, 2.05) is 0 Å². The Labute approximate surface area is 97.3 Å². The highest BCUT2D eigenvalue weighted by Crippen LogP contribution is 2.21. The zero-order valence-electron chi connectivity index (χ0n) is 9.43. The van der Waals surface area contributed by atoms with Crippen molar-refractivity contribution in [1.29, 1.82) is 0 Å². The monoisotopic (exact) mass is 237 g/mol. The van der Waals surface area contributed by atoms with Crippen molar-refractivity contribution in [3.8, 4) is 0 Å². The molecule has 0 heterocycles. The van der Waals surface area contributed by atoms with Gasteiger partial charge in [0, 0.05) is 17.7 Å². The largest absolute Gasteiger partial charge is 0.462 e. The molecule has 0 radical (unpaired) electrons. The van der Waals surface area contributed by atoms with E-state index in [2.05, 4.69) is 0 Å². The summed E-state index contributed by atoms with van der Waals surface area (Å²) in [4.78, 5) is 32.3. The molecule has 90 valence electrons. The first-order valence-corrected chi connectivity index (χ1v) is 4.92. The molecule has 0 atom stereocenters. The number of nitro benzene ring substituents is 1. The number of carbonyl (C=O) groups excluding carboxylic acids is 2. The molecule has 6 nitrogen and oxygen atoms in total. The Morgan fingerprint density at radius 1 is 1.53 bits per heavy atom. The molecule has 0 aliphatic heterocycles. The van der Waals surface area contributed by atoms with E-state index in [9.17, 15) is 19.7 Å². The minimum atomic E-state index is -0.670. The van der Waals surface area contributed by atoms with E-state index in [0.717, 1.165) is 12.1 Å². The van der Waals surface area contributed by atoms with Crippen molar-refractivity contribution < 1.29 is 19.2 Å². The summed E-state index contributed by atoms with van der Waals surface area (Å²) in [5.74, 6) is -0.670. The molecular weight excluding hydrogens is 226 g/mol. The first kappa shape index (κ1) is 12.8. The molecule has 0 spiro atoms. The highest BCUT2D eigenvalue weighted by Gasteiger charge is 2.19. The van der Waals surface area contributed by atoms with Gasteiger partial charge in [0.25, 0.3) is 5.69 Å². The van der Waals surface area contributed by atoms with Gasteiger partial charge in [-0.3, -0.25) is 14.9 Å². The fourth-order valence-electron chi connectivity index (χ4n) is 1.37. The first-order chi connectivity index (χ1) is 8.01. The van der Waals surface area contributed by atoms with Crippen molar-refractivity contribution in [3.63, 3.8) is 0 Å². The van der Waals surface area contributed by atoms with E-state index in [4.69, 9.17) is 4.74 Å². The summed E-state index contributed by atoms with van der Waals surface area (Å²) < 4.78 is 4.77. The maximum atomic E-state index is 11.5. The number of ether oxygens (including phenoxy) is 1. The van der Waals surface area contributed by atoms with Gasteiger partial charge in [-0.05, 0) is 19.4 Å². The van der Waals surface area contributed by atoms with Gasteiger partial charge in [0.05, 0.1) is 17.1 Å². The molecule has 0 N–H and O–H groups in total. The van der Waals surface area contributed by atoms with E-state index in [0.29, 0.717) is 11.8 Å². The summed E-state index contributed by atoms with van der Waals surface area (Å²) in [5.41, 5.74) is 0.232. The summed E-state index contributed by atoms with van der Waals surface area (Å²) in [5, 5.41) is 10.7.